The molecule has 0 aliphatic carbocycles. The maximum absolute atomic E-state index is 13.0. The van der Waals surface area contributed by atoms with Gasteiger partial charge >= 0.3 is 0 Å². The van der Waals surface area contributed by atoms with E-state index >= 15 is 0 Å². The molecule has 170 valence electrons. The van der Waals surface area contributed by atoms with Gasteiger partial charge in [-0.15, -0.1) is 11.3 Å². The number of hydrogen-bond acceptors (Lipinski definition) is 4. The smallest absolute Gasteiger partial charge is 0.267 e. The lowest BCUT2D eigenvalue weighted by atomic mass is 10.1. The summed E-state index contributed by atoms with van der Waals surface area (Å²) in [5, 5.41) is 7.75. The molecule has 0 saturated carbocycles. The molecule has 1 aromatic heterocycles. The predicted molar refractivity (Wildman–Crippen MR) is 136 cm³/mol. The molecular formula is C27H29N3O2S. The molecule has 1 atom stereocenters. The molecule has 5 nitrogen and oxygen atoms in total. The SMILES string of the molecule is Cc1ccccc1C(=O)N/C(=C\c1cccs1)C(=O)NCCCN1c2ccccc2C[C@H]1C. The second-order valence-corrected chi connectivity index (χ2v) is 9.31. The van der Waals surface area contributed by atoms with Gasteiger partial charge in [-0.1, -0.05) is 42.5 Å². The summed E-state index contributed by atoms with van der Waals surface area (Å²) in [6, 6.07) is 20.2. The zero-order valence-electron chi connectivity index (χ0n) is 19.0. The van der Waals surface area contributed by atoms with Crippen molar-refractivity contribution in [3.8, 4) is 0 Å². The Hall–Kier alpha value is -3.38. The van der Waals surface area contributed by atoms with Crippen LogP contribution in [0.15, 0.2) is 71.7 Å². The molecule has 33 heavy (non-hydrogen) atoms. The van der Waals surface area contributed by atoms with Crippen molar-refractivity contribution in [3.05, 3.63) is 93.3 Å². The van der Waals surface area contributed by atoms with Crippen LogP contribution in [-0.4, -0.2) is 30.9 Å². The third-order valence-corrected chi connectivity index (χ3v) is 6.74. The molecule has 2 amide bonds. The Kier molecular flexibility index (Phi) is 7.25. The average Bonchev–Trinajstić information content (AvgIpc) is 3.43. The Morgan fingerprint density at radius 2 is 1.88 bits per heavy atom. The van der Waals surface area contributed by atoms with E-state index in [-0.39, 0.29) is 17.5 Å². The number of nitrogens with one attached hydrogen (secondary N) is 2. The van der Waals surface area contributed by atoms with Crippen LogP contribution in [0.5, 0.6) is 0 Å². The van der Waals surface area contributed by atoms with E-state index in [1.165, 1.54) is 22.6 Å². The molecule has 0 fully saturated rings. The lowest BCUT2D eigenvalue weighted by Gasteiger charge is -2.25. The Balaban J connectivity index is 1.38. The molecule has 0 radical (unpaired) electrons. The number of nitrogens with zero attached hydrogens (tertiary/aromatic N) is 1. The van der Waals surface area contributed by atoms with Crippen LogP contribution in [0.2, 0.25) is 0 Å². The Bertz CT molecular complexity index is 1150. The van der Waals surface area contributed by atoms with Gasteiger partial charge in [-0.05, 0) is 67.5 Å². The van der Waals surface area contributed by atoms with Crippen molar-refractivity contribution in [2.75, 3.05) is 18.0 Å². The quantitative estimate of drug-likeness (QED) is 0.376. The van der Waals surface area contributed by atoms with Gasteiger partial charge < -0.3 is 15.5 Å². The molecule has 6 heteroatoms. The summed E-state index contributed by atoms with van der Waals surface area (Å²) in [5.41, 5.74) is 4.36. The van der Waals surface area contributed by atoms with Crippen molar-refractivity contribution in [2.45, 2.75) is 32.7 Å². The molecule has 0 unspecified atom stereocenters. The largest absolute Gasteiger partial charge is 0.368 e. The number of thiophene rings is 1. The highest BCUT2D eigenvalue weighted by Crippen LogP contribution is 2.31. The average molecular weight is 460 g/mol. The molecule has 0 bridgehead atoms. The van der Waals surface area contributed by atoms with Crippen molar-refractivity contribution in [2.24, 2.45) is 0 Å². The predicted octanol–water partition coefficient (Wildman–Crippen LogP) is 4.78. The number of benzene rings is 2. The Labute approximate surface area is 199 Å². The number of para-hydroxylation sites is 1. The van der Waals surface area contributed by atoms with E-state index in [1.54, 1.807) is 12.1 Å². The highest BCUT2D eigenvalue weighted by Gasteiger charge is 2.24. The van der Waals surface area contributed by atoms with Crippen LogP contribution in [0.25, 0.3) is 6.08 Å². The van der Waals surface area contributed by atoms with Crippen molar-refractivity contribution >= 4 is 34.9 Å². The summed E-state index contributed by atoms with van der Waals surface area (Å²) in [5.74, 6) is -0.561. The molecule has 4 rings (SSSR count). The number of hydrogen-bond donors (Lipinski definition) is 2. The number of carbonyl (C=O) groups is 2. The van der Waals surface area contributed by atoms with E-state index in [2.05, 4.69) is 46.7 Å². The number of anilines is 1. The van der Waals surface area contributed by atoms with Crippen LogP contribution in [0.4, 0.5) is 5.69 Å². The summed E-state index contributed by atoms with van der Waals surface area (Å²) in [6.07, 6.45) is 3.61. The van der Waals surface area contributed by atoms with Crippen molar-refractivity contribution < 1.29 is 9.59 Å². The summed E-state index contributed by atoms with van der Waals surface area (Å²) >= 11 is 1.52. The lowest BCUT2D eigenvalue weighted by molar-refractivity contribution is -0.117. The van der Waals surface area contributed by atoms with Gasteiger partial charge in [0, 0.05) is 35.3 Å². The van der Waals surface area contributed by atoms with Crippen LogP contribution in [0.3, 0.4) is 0 Å². The van der Waals surface area contributed by atoms with Crippen molar-refractivity contribution in [1.82, 2.24) is 10.6 Å². The van der Waals surface area contributed by atoms with E-state index in [0.717, 1.165) is 29.8 Å². The van der Waals surface area contributed by atoms with Gasteiger partial charge in [0.2, 0.25) is 0 Å². The molecular weight excluding hydrogens is 430 g/mol. The zero-order valence-corrected chi connectivity index (χ0v) is 19.8. The second-order valence-electron chi connectivity index (χ2n) is 8.33. The van der Waals surface area contributed by atoms with Crippen LogP contribution in [-0.2, 0) is 11.2 Å². The monoisotopic (exact) mass is 459 g/mol. The topological polar surface area (TPSA) is 61.4 Å². The highest BCUT2D eigenvalue weighted by molar-refractivity contribution is 7.10. The maximum Gasteiger partial charge on any atom is 0.267 e. The molecule has 1 aliphatic heterocycles. The number of aryl methyl sites for hydroxylation is 1. The van der Waals surface area contributed by atoms with Crippen LogP contribution in [0, 0.1) is 6.92 Å². The van der Waals surface area contributed by atoms with Gasteiger partial charge in [0.05, 0.1) is 0 Å². The van der Waals surface area contributed by atoms with Crippen LogP contribution < -0.4 is 15.5 Å². The first kappa shape index (κ1) is 22.8. The van der Waals surface area contributed by atoms with Crippen LogP contribution in [0.1, 0.15) is 39.7 Å². The Morgan fingerprint density at radius 3 is 2.67 bits per heavy atom. The lowest BCUT2D eigenvalue weighted by Crippen LogP contribution is -2.37. The first-order chi connectivity index (χ1) is 16.0. The molecule has 0 saturated heterocycles. The fraction of sp³-hybridized carbons (Fsp3) is 0.259. The summed E-state index contributed by atoms with van der Waals surface area (Å²) in [7, 11) is 0. The maximum atomic E-state index is 13.0. The summed E-state index contributed by atoms with van der Waals surface area (Å²) in [4.78, 5) is 29.1. The number of rotatable bonds is 8. The first-order valence-corrected chi connectivity index (χ1v) is 12.2. The first-order valence-electron chi connectivity index (χ1n) is 11.3. The second kappa shape index (κ2) is 10.5. The number of amides is 2. The van der Waals surface area contributed by atoms with E-state index < -0.39 is 0 Å². The third kappa shape index (κ3) is 5.52. The van der Waals surface area contributed by atoms with Gasteiger partial charge in [-0.3, -0.25) is 9.59 Å². The zero-order chi connectivity index (χ0) is 23.2. The fourth-order valence-corrected chi connectivity index (χ4v) is 4.87. The van der Waals surface area contributed by atoms with Gasteiger partial charge in [-0.25, -0.2) is 0 Å². The fourth-order valence-electron chi connectivity index (χ4n) is 4.21. The number of fused-ring (bicyclic) bond motifs is 1. The minimum absolute atomic E-state index is 0.255. The van der Waals surface area contributed by atoms with Gasteiger partial charge in [0.1, 0.15) is 5.70 Å². The van der Waals surface area contributed by atoms with Gasteiger partial charge in [0.25, 0.3) is 11.8 Å². The molecule has 1 aliphatic rings. The minimum Gasteiger partial charge on any atom is -0.368 e. The van der Waals surface area contributed by atoms with E-state index in [0.29, 0.717) is 18.2 Å². The summed E-state index contributed by atoms with van der Waals surface area (Å²) in [6.45, 7) is 5.53. The van der Waals surface area contributed by atoms with E-state index in [1.807, 2.05) is 42.6 Å². The molecule has 0 spiro atoms. The van der Waals surface area contributed by atoms with E-state index in [9.17, 15) is 9.59 Å². The van der Waals surface area contributed by atoms with Gasteiger partial charge in [0.15, 0.2) is 0 Å². The third-order valence-electron chi connectivity index (χ3n) is 5.92. The highest BCUT2D eigenvalue weighted by atomic mass is 32.1. The standard InChI is InChI=1S/C27H29N3O2S/c1-19-9-3-5-12-23(19)26(31)29-24(18-22-11-7-16-33-22)27(32)28-14-8-15-30-20(2)17-21-10-4-6-13-25(21)30/h3-7,9-13,16,18,20H,8,14-15,17H2,1-2H3,(H,28,32)(H,29,31)/b24-18-/t20-/m1/s1. The minimum atomic E-state index is -0.284. The molecule has 2 heterocycles. The molecule has 3 aromatic rings. The summed E-state index contributed by atoms with van der Waals surface area (Å²) < 4.78 is 0. The number of carbonyl (C=O) groups excluding carboxylic acids is 2. The van der Waals surface area contributed by atoms with Crippen LogP contribution >= 0.6 is 11.3 Å². The Morgan fingerprint density at radius 1 is 1.09 bits per heavy atom. The normalized spacial score (nSPS) is 15.3. The van der Waals surface area contributed by atoms with Crippen molar-refractivity contribution in [3.63, 3.8) is 0 Å². The van der Waals surface area contributed by atoms with E-state index in [4.69, 9.17) is 0 Å². The van der Waals surface area contributed by atoms with Gasteiger partial charge in [-0.2, -0.15) is 0 Å². The molecule has 2 N–H and O–H groups in total. The molecule has 2 aromatic carbocycles. The van der Waals surface area contributed by atoms with Crippen molar-refractivity contribution in [1.29, 1.82) is 0 Å².